The summed E-state index contributed by atoms with van der Waals surface area (Å²) in [4.78, 5) is 4.37. The van der Waals surface area contributed by atoms with Crippen LogP contribution in [0.4, 0.5) is 0 Å². The summed E-state index contributed by atoms with van der Waals surface area (Å²) in [5.41, 5.74) is 2.38. The molecule has 0 unspecified atom stereocenters. The molecule has 0 amide bonds. The van der Waals surface area contributed by atoms with E-state index < -0.39 is 0 Å². The number of benzene rings is 1. The fourth-order valence-corrected chi connectivity index (χ4v) is 1.29. The van der Waals surface area contributed by atoms with Gasteiger partial charge in [-0.1, -0.05) is 12.1 Å². The standard InChI is InChI=1S/C15H23N2/c1-12(2)16-10-14-6-8-15(9-7-14)11-17(5)13(3)4/h6-13H,1-5H3/q+1/b16-10+,17-11+. The molecule has 1 aromatic rings. The van der Waals surface area contributed by atoms with Crippen molar-refractivity contribution in [1.29, 1.82) is 0 Å². The first-order valence-corrected chi connectivity index (χ1v) is 6.19. The zero-order valence-electron chi connectivity index (χ0n) is 11.5. The van der Waals surface area contributed by atoms with Crippen LogP contribution in [0.25, 0.3) is 0 Å². The minimum Gasteiger partial charge on any atom is -0.290 e. The van der Waals surface area contributed by atoms with Gasteiger partial charge in [0.15, 0.2) is 6.21 Å². The second-order valence-electron chi connectivity index (χ2n) is 4.93. The van der Waals surface area contributed by atoms with Crippen LogP contribution >= 0.6 is 0 Å². The first-order valence-electron chi connectivity index (χ1n) is 6.19. The highest BCUT2D eigenvalue weighted by molar-refractivity contribution is 5.82. The van der Waals surface area contributed by atoms with E-state index in [1.165, 1.54) is 5.56 Å². The van der Waals surface area contributed by atoms with Crippen molar-refractivity contribution in [2.45, 2.75) is 39.8 Å². The summed E-state index contributed by atoms with van der Waals surface area (Å²) >= 11 is 0. The van der Waals surface area contributed by atoms with Gasteiger partial charge in [0, 0.05) is 17.8 Å². The van der Waals surface area contributed by atoms with Crippen molar-refractivity contribution >= 4 is 12.4 Å². The molecule has 0 heterocycles. The Balaban J connectivity index is 2.78. The summed E-state index contributed by atoms with van der Waals surface area (Å²) in [5, 5.41) is 0. The Morgan fingerprint density at radius 1 is 1.00 bits per heavy atom. The van der Waals surface area contributed by atoms with Gasteiger partial charge in [0.05, 0.1) is 0 Å². The van der Waals surface area contributed by atoms with Crippen LogP contribution in [-0.4, -0.2) is 36.1 Å². The first-order chi connectivity index (χ1) is 7.99. The number of rotatable bonds is 4. The fraction of sp³-hybridized carbons (Fsp3) is 0.467. The molecular formula is C15H23N2+. The van der Waals surface area contributed by atoms with Gasteiger partial charge in [-0.15, -0.1) is 0 Å². The number of aliphatic imine (C=N–C) groups is 1. The van der Waals surface area contributed by atoms with E-state index in [2.05, 4.69) is 74.8 Å². The van der Waals surface area contributed by atoms with Crippen LogP contribution < -0.4 is 0 Å². The Hall–Kier alpha value is -1.44. The van der Waals surface area contributed by atoms with Crippen LogP contribution in [-0.2, 0) is 0 Å². The molecule has 0 atom stereocenters. The fourth-order valence-electron chi connectivity index (χ4n) is 1.29. The average molecular weight is 231 g/mol. The Labute approximate surface area is 105 Å². The van der Waals surface area contributed by atoms with Gasteiger partial charge >= 0.3 is 0 Å². The minimum atomic E-state index is 0.355. The lowest BCUT2D eigenvalue weighted by atomic mass is 10.1. The highest BCUT2D eigenvalue weighted by Gasteiger charge is 2.02. The smallest absolute Gasteiger partial charge is 0.170 e. The molecule has 0 spiro atoms. The molecule has 0 aromatic heterocycles. The van der Waals surface area contributed by atoms with Crippen LogP contribution in [0.2, 0.25) is 0 Å². The predicted molar refractivity (Wildman–Crippen MR) is 75.7 cm³/mol. The van der Waals surface area contributed by atoms with Crippen molar-refractivity contribution in [3.8, 4) is 0 Å². The molecule has 1 aromatic carbocycles. The van der Waals surface area contributed by atoms with Crippen molar-refractivity contribution in [1.82, 2.24) is 0 Å². The lowest BCUT2D eigenvalue weighted by Crippen LogP contribution is -2.16. The second-order valence-corrected chi connectivity index (χ2v) is 4.93. The minimum absolute atomic E-state index is 0.355. The molecule has 0 fully saturated rings. The Kier molecular flexibility index (Phi) is 5.08. The van der Waals surface area contributed by atoms with Gasteiger partial charge in [-0.2, -0.15) is 0 Å². The van der Waals surface area contributed by atoms with E-state index in [0.29, 0.717) is 12.1 Å². The Morgan fingerprint density at radius 3 is 2.00 bits per heavy atom. The van der Waals surface area contributed by atoms with Gasteiger partial charge in [-0.3, -0.25) is 4.99 Å². The van der Waals surface area contributed by atoms with Crippen LogP contribution in [0.15, 0.2) is 29.3 Å². The summed E-state index contributed by atoms with van der Waals surface area (Å²) in [7, 11) is 2.10. The summed E-state index contributed by atoms with van der Waals surface area (Å²) < 4.78 is 2.21. The summed E-state index contributed by atoms with van der Waals surface area (Å²) in [5.74, 6) is 0. The largest absolute Gasteiger partial charge is 0.290 e. The summed E-state index contributed by atoms with van der Waals surface area (Å²) in [6, 6.07) is 9.34. The topological polar surface area (TPSA) is 15.4 Å². The SMILES string of the molecule is CC(C)/N=C/c1ccc(/C=[N+](\C)C(C)C)cc1. The van der Waals surface area contributed by atoms with E-state index in [9.17, 15) is 0 Å². The second kappa shape index (κ2) is 6.33. The molecule has 1 rings (SSSR count). The Morgan fingerprint density at radius 2 is 1.53 bits per heavy atom. The molecule has 0 radical (unpaired) electrons. The van der Waals surface area contributed by atoms with Gasteiger partial charge in [0.1, 0.15) is 13.1 Å². The quantitative estimate of drug-likeness (QED) is 0.559. The number of nitrogens with zero attached hydrogens (tertiary/aromatic N) is 2. The molecule has 2 heteroatoms. The van der Waals surface area contributed by atoms with Gasteiger partial charge in [-0.05, 0) is 45.4 Å². The van der Waals surface area contributed by atoms with Crippen molar-refractivity contribution in [2.75, 3.05) is 7.05 Å². The van der Waals surface area contributed by atoms with Gasteiger partial charge in [-0.25, -0.2) is 4.58 Å². The molecule has 0 saturated heterocycles. The van der Waals surface area contributed by atoms with E-state index >= 15 is 0 Å². The molecular weight excluding hydrogens is 208 g/mol. The van der Waals surface area contributed by atoms with E-state index in [1.54, 1.807) is 0 Å². The molecule has 17 heavy (non-hydrogen) atoms. The molecule has 0 saturated carbocycles. The predicted octanol–water partition coefficient (Wildman–Crippen LogP) is 2.98. The zero-order chi connectivity index (χ0) is 12.8. The number of hydrogen-bond donors (Lipinski definition) is 0. The lowest BCUT2D eigenvalue weighted by Gasteiger charge is -2.01. The van der Waals surface area contributed by atoms with Crippen LogP contribution in [0.5, 0.6) is 0 Å². The third-order valence-corrected chi connectivity index (χ3v) is 2.63. The van der Waals surface area contributed by atoms with Crippen molar-refractivity contribution in [3.63, 3.8) is 0 Å². The molecule has 0 bridgehead atoms. The van der Waals surface area contributed by atoms with Crippen LogP contribution in [0.1, 0.15) is 38.8 Å². The Bertz CT molecular complexity index is 397. The average Bonchev–Trinajstić information content (AvgIpc) is 2.28. The van der Waals surface area contributed by atoms with Gasteiger partial charge in [0.2, 0.25) is 0 Å². The zero-order valence-corrected chi connectivity index (χ0v) is 11.5. The van der Waals surface area contributed by atoms with E-state index in [-0.39, 0.29) is 0 Å². The molecule has 0 N–H and O–H groups in total. The molecule has 0 aliphatic rings. The third-order valence-electron chi connectivity index (χ3n) is 2.63. The molecule has 2 nitrogen and oxygen atoms in total. The maximum absolute atomic E-state index is 4.37. The highest BCUT2D eigenvalue weighted by Crippen LogP contribution is 2.01. The monoisotopic (exact) mass is 231 g/mol. The summed E-state index contributed by atoms with van der Waals surface area (Å²) in [6.45, 7) is 8.52. The molecule has 0 aliphatic heterocycles. The van der Waals surface area contributed by atoms with Crippen molar-refractivity contribution < 1.29 is 4.58 Å². The van der Waals surface area contributed by atoms with Gasteiger partial charge in [0.25, 0.3) is 0 Å². The maximum Gasteiger partial charge on any atom is 0.170 e. The van der Waals surface area contributed by atoms with Crippen LogP contribution in [0.3, 0.4) is 0 Å². The highest BCUT2D eigenvalue weighted by atomic mass is 15.0. The summed E-state index contributed by atoms with van der Waals surface area (Å²) in [6.07, 6.45) is 4.09. The lowest BCUT2D eigenvalue weighted by molar-refractivity contribution is -0.524. The van der Waals surface area contributed by atoms with E-state index in [4.69, 9.17) is 0 Å². The third kappa shape index (κ3) is 4.94. The normalized spacial score (nSPS) is 13.0. The van der Waals surface area contributed by atoms with Crippen LogP contribution in [0, 0.1) is 0 Å². The molecule has 92 valence electrons. The maximum atomic E-state index is 4.37. The first kappa shape index (κ1) is 13.6. The van der Waals surface area contributed by atoms with Crippen molar-refractivity contribution in [2.24, 2.45) is 4.99 Å². The molecule has 0 aliphatic carbocycles. The van der Waals surface area contributed by atoms with E-state index in [1.807, 2.05) is 6.21 Å². The number of hydrogen-bond acceptors (Lipinski definition) is 1. The van der Waals surface area contributed by atoms with Gasteiger partial charge < -0.3 is 0 Å². The van der Waals surface area contributed by atoms with E-state index in [0.717, 1.165) is 5.56 Å². The van der Waals surface area contributed by atoms with Crippen molar-refractivity contribution in [3.05, 3.63) is 35.4 Å².